The fourth-order valence-electron chi connectivity index (χ4n) is 1.55. The number of phenols is 2. The molecule has 2 N–H and O–H groups in total. The summed E-state index contributed by atoms with van der Waals surface area (Å²) in [6.07, 6.45) is 0. The van der Waals surface area contributed by atoms with Crippen LogP contribution in [0.2, 0.25) is 0 Å². The third-order valence-corrected chi connectivity index (χ3v) is 6.53. The Balaban J connectivity index is 2.85. The topological polar surface area (TPSA) is 40.5 Å². The second-order valence-corrected chi connectivity index (χ2v) is 6.73. The van der Waals surface area contributed by atoms with Crippen molar-refractivity contribution in [3.05, 3.63) is 42.2 Å². The first-order chi connectivity index (χ1) is 8.45. The molecule has 0 aliphatic heterocycles. The average molecular weight is 502 g/mol. The molecule has 0 aromatic heterocycles. The Hall–Kier alpha value is -0.0400. The third-order valence-electron chi connectivity index (χ3n) is 2.42. The second-order valence-electron chi connectivity index (χ2n) is 3.49. The van der Waals surface area contributed by atoms with Crippen LogP contribution in [-0.2, 0) is 0 Å². The van der Waals surface area contributed by atoms with Gasteiger partial charge < -0.3 is 10.2 Å². The Labute approximate surface area is 138 Å². The maximum atomic E-state index is 10.1. The molecule has 6 heteroatoms. The zero-order valence-electron chi connectivity index (χ0n) is 8.72. The third kappa shape index (κ3) is 2.35. The number of hydrogen-bond acceptors (Lipinski definition) is 2. The van der Waals surface area contributed by atoms with Gasteiger partial charge in [-0.05, 0) is 53.9 Å². The van der Waals surface area contributed by atoms with Crippen molar-refractivity contribution in [3.63, 3.8) is 0 Å². The second kappa shape index (κ2) is 5.53. The predicted molar refractivity (Wildman–Crippen MR) is 86.0 cm³/mol. The molecule has 0 fully saturated rings. The average Bonchev–Trinajstić information content (AvgIpc) is 2.36. The highest BCUT2D eigenvalue weighted by Crippen LogP contribution is 2.51. The van der Waals surface area contributed by atoms with E-state index in [2.05, 4.69) is 63.7 Å². The van der Waals surface area contributed by atoms with Gasteiger partial charge in [0.25, 0.3) is 0 Å². The normalized spacial score (nSPS) is 10.7. The molecular formula is C12H6Br4O2. The molecule has 2 aromatic carbocycles. The van der Waals surface area contributed by atoms with Crippen LogP contribution in [0.3, 0.4) is 0 Å². The molecule has 0 heterocycles. The van der Waals surface area contributed by atoms with Gasteiger partial charge in [0, 0.05) is 20.1 Å². The molecule has 0 atom stereocenters. The number of hydrogen-bond donors (Lipinski definition) is 2. The molecule has 2 aromatic rings. The van der Waals surface area contributed by atoms with E-state index in [9.17, 15) is 10.2 Å². The van der Waals surface area contributed by atoms with E-state index >= 15 is 0 Å². The molecule has 0 aliphatic carbocycles. The van der Waals surface area contributed by atoms with Crippen LogP contribution in [0.25, 0.3) is 11.1 Å². The zero-order chi connectivity index (χ0) is 13.4. The van der Waals surface area contributed by atoms with Crippen molar-refractivity contribution < 1.29 is 10.2 Å². The fraction of sp³-hybridized carbons (Fsp3) is 0. The Bertz CT molecular complexity index is 597. The minimum atomic E-state index is -0.198. The van der Waals surface area contributed by atoms with Gasteiger partial charge in [0.05, 0.1) is 8.95 Å². The first kappa shape index (κ1) is 14.4. The molecule has 2 rings (SSSR count). The van der Waals surface area contributed by atoms with Crippen LogP contribution in [0, 0.1) is 0 Å². The minimum Gasteiger partial charge on any atom is -0.504 e. The van der Waals surface area contributed by atoms with Crippen LogP contribution < -0.4 is 0 Å². The van der Waals surface area contributed by atoms with Gasteiger partial charge in [0.15, 0.2) is 11.5 Å². The molecule has 0 unspecified atom stereocenters. The summed E-state index contributed by atoms with van der Waals surface area (Å²) in [6, 6.07) is 7.46. The monoisotopic (exact) mass is 498 g/mol. The lowest BCUT2D eigenvalue weighted by Crippen LogP contribution is -1.87. The summed E-state index contributed by atoms with van der Waals surface area (Å²) in [5.41, 5.74) is 1.31. The van der Waals surface area contributed by atoms with E-state index in [-0.39, 0.29) is 11.5 Å². The molecule has 0 saturated heterocycles. The number of rotatable bonds is 1. The van der Waals surface area contributed by atoms with Crippen molar-refractivity contribution in [2.75, 3.05) is 0 Å². The minimum absolute atomic E-state index is 0.177. The quantitative estimate of drug-likeness (QED) is 0.382. The summed E-state index contributed by atoms with van der Waals surface area (Å²) in [4.78, 5) is 0. The van der Waals surface area contributed by atoms with Gasteiger partial charge in [-0.15, -0.1) is 0 Å². The van der Waals surface area contributed by atoms with Crippen molar-refractivity contribution >= 4 is 63.7 Å². The lowest BCUT2D eigenvalue weighted by atomic mass is 10.0. The van der Waals surface area contributed by atoms with E-state index in [1.807, 2.05) is 24.3 Å². The molecule has 2 nitrogen and oxygen atoms in total. The Morgan fingerprint density at radius 1 is 0.722 bits per heavy atom. The van der Waals surface area contributed by atoms with Gasteiger partial charge >= 0.3 is 0 Å². The van der Waals surface area contributed by atoms with Gasteiger partial charge in [-0.2, -0.15) is 0 Å². The van der Waals surface area contributed by atoms with Gasteiger partial charge in [-0.1, -0.05) is 34.1 Å². The molecule has 94 valence electrons. The first-order valence-electron chi connectivity index (χ1n) is 4.78. The zero-order valence-corrected chi connectivity index (χ0v) is 15.1. The molecular weight excluding hydrogens is 496 g/mol. The van der Waals surface area contributed by atoms with Crippen molar-refractivity contribution in [1.82, 2.24) is 0 Å². The van der Waals surface area contributed by atoms with Crippen LogP contribution in [0.5, 0.6) is 11.5 Å². The largest absolute Gasteiger partial charge is 0.504 e. The van der Waals surface area contributed by atoms with E-state index in [0.717, 1.165) is 10.0 Å². The highest BCUT2D eigenvalue weighted by Gasteiger charge is 2.21. The number of aromatic hydroxyl groups is 2. The summed E-state index contributed by atoms with van der Waals surface area (Å²) in [5, 5.41) is 20.0. The van der Waals surface area contributed by atoms with Crippen LogP contribution in [0.15, 0.2) is 42.2 Å². The van der Waals surface area contributed by atoms with Crippen LogP contribution in [0.1, 0.15) is 0 Å². The van der Waals surface area contributed by atoms with Crippen LogP contribution >= 0.6 is 63.7 Å². The first-order valence-corrected chi connectivity index (χ1v) is 7.95. The maximum Gasteiger partial charge on any atom is 0.173 e. The summed E-state index contributed by atoms with van der Waals surface area (Å²) >= 11 is 13.4. The van der Waals surface area contributed by atoms with E-state index in [1.165, 1.54) is 0 Å². The Morgan fingerprint density at radius 2 is 1.33 bits per heavy atom. The summed E-state index contributed by atoms with van der Waals surface area (Å²) < 4.78 is 2.54. The highest BCUT2D eigenvalue weighted by molar-refractivity contribution is 9.14. The van der Waals surface area contributed by atoms with Gasteiger partial charge in [0.1, 0.15) is 0 Å². The number of benzene rings is 2. The van der Waals surface area contributed by atoms with E-state index in [0.29, 0.717) is 19.0 Å². The van der Waals surface area contributed by atoms with Crippen molar-refractivity contribution in [3.8, 4) is 22.6 Å². The molecule has 18 heavy (non-hydrogen) atoms. The summed E-state index contributed by atoms with van der Waals surface area (Å²) in [6.45, 7) is 0. The molecule has 0 saturated carbocycles. The fourth-order valence-corrected chi connectivity index (χ4v) is 3.67. The number of phenolic OH excluding ortho intramolecular Hbond substituents is 2. The van der Waals surface area contributed by atoms with Gasteiger partial charge in [-0.3, -0.25) is 0 Å². The van der Waals surface area contributed by atoms with Crippen molar-refractivity contribution in [1.29, 1.82) is 0 Å². The standard InChI is InChI=1S/C12H6Br4O2/c13-6-4-2-1-3-5(6)7-8(14)9(15)10(16)12(18)11(7)17/h1-4,17-18H. The van der Waals surface area contributed by atoms with Gasteiger partial charge in [0.2, 0.25) is 0 Å². The van der Waals surface area contributed by atoms with Crippen LogP contribution in [-0.4, -0.2) is 10.2 Å². The summed E-state index contributed by atoms with van der Waals surface area (Å²) in [5.74, 6) is -0.375. The van der Waals surface area contributed by atoms with E-state index in [4.69, 9.17) is 0 Å². The number of halogens is 4. The SMILES string of the molecule is Oc1c(O)c(-c2ccccc2Br)c(Br)c(Br)c1Br. The van der Waals surface area contributed by atoms with Crippen molar-refractivity contribution in [2.45, 2.75) is 0 Å². The Kier molecular flexibility index (Phi) is 4.41. The molecule has 0 amide bonds. The Morgan fingerprint density at radius 3 is 1.94 bits per heavy atom. The van der Waals surface area contributed by atoms with Gasteiger partial charge in [-0.25, -0.2) is 0 Å². The van der Waals surface area contributed by atoms with Crippen LogP contribution in [0.4, 0.5) is 0 Å². The lowest BCUT2D eigenvalue weighted by Gasteiger charge is -2.14. The smallest absolute Gasteiger partial charge is 0.173 e. The summed E-state index contributed by atoms with van der Waals surface area (Å²) in [7, 11) is 0. The molecule has 0 radical (unpaired) electrons. The maximum absolute atomic E-state index is 10.1. The lowest BCUT2D eigenvalue weighted by molar-refractivity contribution is 0.402. The molecule has 0 aliphatic rings. The molecule has 0 spiro atoms. The highest BCUT2D eigenvalue weighted by atomic mass is 79.9. The molecule has 0 bridgehead atoms. The predicted octanol–water partition coefficient (Wildman–Crippen LogP) is 5.81. The van der Waals surface area contributed by atoms with E-state index < -0.39 is 0 Å². The van der Waals surface area contributed by atoms with Crippen molar-refractivity contribution in [2.24, 2.45) is 0 Å². The van der Waals surface area contributed by atoms with E-state index in [1.54, 1.807) is 0 Å².